The monoisotopic (exact) mass is 497 g/mol. The zero-order valence-electron chi connectivity index (χ0n) is 19.8. The minimum atomic E-state index is -2.87. The van der Waals surface area contributed by atoms with Gasteiger partial charge in [-0.2, -0.15) is 5.10 Å². The molecule has 0 radical (unpaired) electrons. The van der Waals surface area contributed by atoms with Crippen molar-refractivity contribution in [3.8, 4) is 22.8 Å². The molecular weight excluding hydrogens is 469 g/mol. The number of hydrogen-bond acceptors (Lipinski definition) is 6. The number of halogens is 1. The van der Waals surface area contributed by atoms with Crippen LogP contribution in [0.3, 0.4) is 0 Å². The van der Waals surface area contributed by atoms with Gasteiger partial charge >= 0.3 is 0 Å². The van der Waals surface area contributed by atoms with E-state index < -0.39 is 15.7 Å². The number of aryl methyl sites for hydroxylation is 2. The van der Waals surface area contributed by atoms with Gasteiger partial charge in [0.05, 0.1) is 24.3 Å². The third-order valence-electron chi connectivity index (χ3n) is 6.49. The summed E-state index contributed by atoms with van der Waals surface area (Å²) in [5.41, 5.74) is 3.24. The molecule has 0 aliphatic carbocycles. The maximum Gasteiger partial charge on any atom is 0.165 e. The molecule has 1 aromatic carbocycles. The van der Waals surface area contributed by atoms with Gasteiger partial charge in [-0.3, -0.25) is 9.25 Å². The summed E-state index contributed by atoms with van der Waals surface area (Å²) >= 11 is 0. The van der Waals surface area contributed by atoms with Gasteiger partial charge in [-0.15, -0.1) is 0 Å². The van der Waals surface area contributed by atoms with Crippen LogP contribution in [-0.2, 0) is 23.3 Å². The van der Waals surface area contributed by atoms with Crippen LogP contribution in [0.1, 0.15) is 12.0 Å². The van der Waals surface area contributed by atoms with Gasteiger partial charge in [0.2, 0.25) is 0 Å². The lowest BCUT2D eigenvalue weighted by Crippen LogP contribution is -2.40. The van der Waals surface area contributed by atoms with Crippen molar-refractivity contribution < 1.29 is 17.5 Å². The number of aromatic nitrogens is 4. The zero-order chi connectivity index (χ0) is 24.6. The Kier molecular flexibility index (Phi) is 6.33. The van der Waals surface area contributed by atoms with Gasteiger partial charge in [0.15, 0.2) is 27.2 Å². The lowest BCUT2D eigenvalue weighted by Gasteiger charge is -2.26. The topological polar surface area (TPSA) is 82.2 Å². The molecule has 0 N–H and O–H groups in total. The van der Waals surface area contributed by atoms with Gasteiger partial charge in [0, 0.05) is 49.5 Å². The van der Waals surface area contributed by atoms with E-state index in [1.165, 1.54) is 13.2 Å². The normalized spacial score (nSPS) is 16.1. The smallest absolute Gasteiger partial charge is 0.165 e. The van der Waals surface area contributed by atoms with Crippen LogP contribution >= 0.6 is 0 Å². The zero-order valence-corrected chi connectivity index (χ0v) is 20.6. The fourth-order valence-corrected chi connectivity index (χ4v) is 5.80. The highest BCUT2D eigenvalue weighted by Crippen LogP contribution is 2.29. The van der Waals surface area contributed by atoms with Crippen LogP contribution in [0.15, 0.2) is 48.8 Å². The number of rotatable bonds is 7. The maximum atomic E-state index is 14.3. The third-order valence-corrected chi connectivity index (χ3v) is 8.09. The molecule has 8 nitrogen and oxygen atoms in total. The van der Waals surface area contributed by atoms with Crippen molar-refractivity contribution >= 4 is 20.9 Å². The highest BCUT2D eigenvalue weighted by molar-refractivity contribution is 7.91. The van der Waals surface area contributed by atoms with E-state index in [4.69, 9.17) is 9.72 Å². The van der Waals surface area contributed by atoms with Crippen molar-refractivity contribution in [3.05, 3.63) is 60.2 Å². The Labute approximate surface area is 203 Å². The van der Waals surface area contributed by atoms with Gasteiger partial charge in [0.1, 0.15) is 5.65 Å². The van der Waals surface area contributed by atoms with Crippen LogP contribution in [-0.4, -0.2) is 70.9 Å². The Morgan fingerprint density at radius 3 is 2.60 bits per heavy atom. The van der Waals surface area contributed by atoms with Crippen molar-refractivity contribution in [1.29, 1.82) is 0 Å². The number of fused-ring (bicyclic) bond motifs is 1. The molecule has 4 aromatic rings. The minimum absolute atomic E-state index is 0.195. The second-order valence-corrected chi connectivity index (χ2v) is 11.2. The van der Waals surface area contributed by atoms with Gasteiger partial charge in [-0.25, -0.2) is 17.8 Å². The lowest BCUT2D eigenvalue weighted by molar-refractivity contribution is 0.292. The average molecular weight is 498 g/mol. The number of benzene rings is 1. The largest absolute Gasteiger partial charge is 0.494 e. The number of hydrogen-bond donors (Lipinski definition) is 0. The quantitative estimate of drug-likeness (QED) is 0.390. The molecule has 5 rings (SSSR count). The second-order valence-electron chi connectivity index (χ2n) is 8.89. The van der Waals surface area contributed by atoms with Crippen LogP contribution in [0, 0.1) is 5.82 Å². The first-order valence-electron chi connectivity index (χ1n) is 11.6. The van der Waals surface area contributed by atoms with Crippen molar-refractivity contribution in [2.45, 2.75) is 12.8 Å². The average Bonchev–Trinajstić information content (AvgIpc) is 3.43. The molecule has 1 aliphatic rings. The summed E-state index contributed by atoms with van der Waals surface area (Å²) in [5.74, 6) is 1.00. The van der Waals surface area contributed by atoms with E-state index in [-0.39, 0.29) is 17.3 Å². The molecule has 0 spiro atoms. The van der Waals surface area contributed by atoms with Crippen molar-refractivity contribution in [3.63, 3.8) is 0 Å². The SMILES string of the molecule is COc1ccc(-c2ccc3c(CCCN4CCS(=O)(=O)CC4)cn(-c4ccn(C)n4)c3n2)cc1F. The Morgan fingerprint density at radius 2 is 1.91 bits per heavy atom. The van der Waals surface area contributed by atoms with Crippen LogP contribution in [0.4, 0.5) is 4.39 Å². The van der Waals surface area contributed by atoms with Crippen LogP contribution in [0.5, 0.6) is 5.75 Å². The van der Waals surface area contributed by atoms with Crippen LogP contribution in [0.2, 0.25) is 0 Å². The number of nitrogens with zero attached hydrogens (tertiary/aromatic N) is 5. The van der Waals surface area contributed by atoms with E-state index in [1.807, 2.05) is 36.0 Å². The predicted molar refractivity (Wildman–Crippen MR) is 133 cm³/mol. The Bertz CT molecular complexity index is 1460. The Morgan fingerprint density at radius 1 is 1.11 bits per heavy atom. The molecule has 1 fully saturated rings. The Hall–Kier alpha value is -3.24. The summed E-state index contributed by atoms with van der Waals surface area (Å²) in [6, 6.07) is 10.7. The minimum Gasteiger partial charge on any atom is -0.494 e. The first kappa shape index (κ1) is 23.5. The fourth-order valence-electron chi connectivity index (χ4n) is 4.53. The second kappa shape index (κ2) is 9.43. The molecule has 0 atom stereocenters. The molecule has 0 bridgehead atoms. The highest BCUT2D eigenvalue weighted by Gasteiger charge is 2.21. The highest BCUT2D eigenvalue weighted by atomic mass is 32.2. The van der Waals surface area contributed by atoms with Gasteiger partial charge in [-0.05, 0) is 55.3 Å². The van der Waals surface area contributed by atoms with Gasteiger partial charge in [0.25, 0.3) is 0 Å². The summed E-state index contributed by atoms with van der Waals surface area (Å²) < 4.78 is 46.5. The van der Waals surface area contributed by atoms with Gasteiger partial charge in [-0.1, -0.05) is 0 Å². The van der Waals surface area contributed by atoms with Crippen molar-refractivity contribution in [1.82, 2.24) is 24.2 Å². The molecule has 1 aliphatic heterocycles. The number of methoxy groups -OCH3 is 1. The number of pyridine rings is 1. The van der Waals surface area contributed by atoms with E-state index >= 15 is 0 Å². The van der Waals surface area contributed by atoms with Crippen LogP contribution < -0.4 is 4.74 Å². The standard InChI is InChI=1S/C25H28FN5O3S/c1-29-11-9-24(28-29)31-17-19(4-3-10-30-12-14-35(32,33)15-13-30)20-6-7-22(27-25(20)31)18-5-8-23(34-2)21(26)16-18/h5-9,11,16-17H,3-4,10,12-15H2,1-2H3. The molecule has 4 heterocycles. The summed E-state index contributed by atoms with van der Waals surface area (Å²) in [6.45, 7) is 2.05. The first-order chi connectivity index (χ1) is 16.8. The summed E-state index contributed by atoms with van der Waals surface area (Å²) in [7, 11) is 0.437. The molecule has 1 saturated heterocycles. The molecular formula is C25H28FN5O3S. The van der Waals surface area contributed by atoms with Crippen LogP contribution in [0.25, 0.3) is 28.1 Å². The number of sulfone groups is 1. The molecule has 0 unspecified atom stereocenters. The molecule has 184 valence electrons. The molecule has 0 saturated carbocycles. The van der Waals surface area contributed by atoms with Gasteiger partial charge < -0.3 is 9.64 Å². The summed E-state index contributed by atoms with van der Waals surface area (Å²) in [6.07, 6.45) is 5.69. The molecule has 3 aromatic heterocycles. The molecule has 35 heavy (non-hydrogen) atoms. The predicted octanol–water partition coefficient (Wildman–Crippen LogP) is 3.24. The van der Waals surface area contributed by atoms with Crippen molar-refractivity contribution in [2.75, 3.05) is 38.2 Å². The summed E-state index contributed by atoms with van der Waals surface area (Å²) in [5, 5.41) is 5.57. The fraction of sp³-hybridized carbons (Fsp3) is 0.360. The number of ether oxygens (including phenoxy) is 1. The van der Waals surface area contributed by atoms with Crippen molar-refractivity contribution in [2.24, 2.45) is 7.05 Å². The maximum absolute atomic E-state index is 14.3. The van der Waals surface area contributed by atoms with E-state index in [9.17, 15) is 12.8 Å². The summed E-state index contributed by atoms with van der Waals surface area (Å²) in [4.78, 5) is 7.11. The Balaban J connectivity index is 1.44. The first-order valence-corrected chi connectivity index (χ1v) is 13.4. The van der Waals surface area contributed by atoms with E-state index in [1.54, 1.807) is 16.8 Å². The molecule has 10 heteroatoms. The third kappa shape index (κ3) is 4.94. The lowest BCUT2D eigenvalue weighted by atomic mass is 10.1. The van der Waals surface area contributed by atoms with E-state index in [0.717, 1.165) is 41.8 Å². The van der Waals surface area contributed by atoms with E-state index in [0.29, 0.717) is 24.3 Å². The molecule has 0 amide bonds. The van der Waals surface area contributed by atoms with E-state index in [2.05, 4.69) is 16.2 Å².